The second-order valence-electron chi connectivity index (χ2n) is 6.50. The summed E-state index contributed by atoms with van der Waals surface area (Å²) in [7, 11) is 0. The molecule has 0 radical (unpaired) electrons. The first kappa shape index (κ1) is 19.7. The van der Waals surface area contributed by atoms with Crippen LogP contribution in [0.3, 0.4) is 0 Å². The highest BCUT2D eigenvalue weighted by molar-refractivity contribution is 7.80. The predicted octanol–water partition coefficient (Wildman–Crippen LogP) is 3.88. The number of unbranched alkanes of at least 4 members (excludes halogenated alkanes) is 2. The van der Waals surface area contributed by atoms with Crippen LogP contribution in [0.2, 0.25) is 0 Å². The zero-order chi connectivity index (χ0) is 20.1. The maximum absolute atomic E-state index is 12.6. The molecule has 6 nitrogen and oxygen atoms in total. The SMILES string of the molecule is CCCCCC(=O)NC(=S)Nc1cccc(N2C(=O)c3ccccc3C2=O)c1. The number of hydrogen-bond acceptors (Lipinski definition) is 4. The first-order valence-corrected chi connectivity index (χ1v) is 9.60. The Bertz CT molecular complexity index is 907. The Labute approximate surface area is 168 Å². The Morgan fingerprint density at radius 3 is 2.32 bits per heavy atom. The van der Waals surface area contributed by atoms with Gasteiger partial charge in [0.25, 0.3) is 11.8 Å². The normalized spacial score (nSPS) is 12.7. The van der Waals surface area contributed by atoms with E-state index in [2.05, 4.69) is 17.6 Å². The van der Waals surface area contributed by atoms with E-state index in [1.54, 1.807) is 48.5 Å². The molecule has 1 aliphatic rings. The molecule has 0 aliphatic carbocycles. The molecule has 0 saturated heterocycles. The summed E-state index contributed by atoms with van der Waals surface area (Å²) < 4.78 is 0. The minimum Gasteiger partial charge on any atom is -0.332 e. The third-order valence-corrected chi connectivity index (χ3v) is 4.62. The number of hydrogen-bond donors (Lipinski definition) is 2. The zero-order valence-electron chi connectivity index (χ0n) is 15.5. The van der Waals surface area contributed by atoms with Gasteiger partial charge in [0.15, 0.2) is 5.11 Å². The monoisotopic (exact) mass is 395 g/mol. The number of nitrogens with one attached hydrogen (secondary N) is 2. The molecule has 0 atom stereocenters. The van der Waals surface area contributed by atoms with Crippen LogP contribution in [-0.2, 0) is 4.79 Å². The number of amides is 3. The highest BCUT2D eigenvalue weighted by atomic mass is 32.1. The van der Waals surface area contributed by atoms with E-state index in [9.17, 15) is 14.4 Å². The van der Waals surface area contributed by atoms with Crippen LogP contribution in [0, 0.1) is 0 Å². The molecule has 0 saturated carbocycles. The highest BCUT2D eigenvalue weighted by Crippen LogP contribution is 2.29. The van der Waals surface area contributed by atoms with Crippen LogP contribution < -0.4 is 15.5 Å². The minimum atomic E-state index is -0.357. The number of imide groups is 1. The predicted molar refractivity (Wildman–Crippen MR) is 113 cm³/mol. The van der Waals surface area contributed by atoms with Gasteiger partial charge in [-0.2, -0.15) is 0 Å². The van der Waals surface area contributed by atoms with Crippen LogP contribution >= 0.6 is 12.2 Å². The van der Waals surface area contributed by atoms with E-state index in [0.717, 1.165) is 24.2 Å². The summed E-state index contributed by atoms with van der Waals surface area (Å²) >= 11 is 5.18. The second kappa shape index (κ2) is 8.75. The number of fused-ring (bicyclic) bond motifs is 1. The van der Waals surface area contributed by atoms with Crippen LogP contribution in [0.4, 0.5) is 11.4 Å². The lowest BCUT2D eigenvalue weighted by Crippen LogP contribution is -2.34. The van der Waals surface area contributed by atoms with Crippen molar-refractivity contribution < 1.29 is 14.4 Å². The summed E-state index contributed by atoms with van der Waals surface area (Å²) in [4.78, 5) is 38.2. The Kier molecular flexibility index (Phi) is 6.16. The van der Waals surface area contributed by atoms with E-state index >= 15 is 0 Å². The number of carbonyl (C=O) groups is 3. The third kappa shape index (κ3) is 4.26. The summed E-state index contributed by atoms with van der Waals surface area (Å²) in [6.07, 6.45) is 3.28. The number of rotatable bonds is 6. The number of benzene rings is 2. The largest absolute Gasteiger partial charge is 0.332 e. The molecule has 28 heavy (non-hydrogen) atoms. The molecule has 7 heteroatoms. The topological polar surface area (TPSA) is 78.5 Å². The molecule has 0 unspecified atom stereocenters. The van der Waals surface area contributed by atoms with Crippen molar-refractivity contribution >= 4 is 46.4 Å². The standard InChI is InChI=1S/C21H21N3O3S/c1-2-3-4-12-18(25)23-21(28)22-14-8-7-9-15(13-14)24-19(26)16-10-5-6-11-17(16)20(24)27/h5-11,13H,2-4,12H2,1H3,(H2,22,23,25,28). The van der Waals surface area contributed by atoms with Gasteiger partial charge in [0, 0.05) is 12.1 Å². The molecule has 3 amide bonds. The number of thiocarbonyl (C=S) groups is 1. The highest BCUT2D eigenvalue weighted by Gasteiger charge is 2.36. The van der Waals surface area contributed by atoms with Gasteiger partial charge in [-0.05, 0) is 49.0 Å². The van der Waals surface area contributed by atoms with Crippen LogP contribution in [0.25, 0.3) is 0 Å². The van der Waals surface area contributed by atoms with Crippen molar-refractivity contribution in [3.8, 4) is 0 Å². The number of anilines is 2. The molecule has 1 aliphatic heterocycles. The molecule has 1 heterocycles. The van der Waals surface area contributed by atoms with E-state index in [4.69, 9.17) is 12.2 Å². The minimum absolute atomic E-state index is 0.137. The van der Waals surface area contributed by atoms with Gasteiger partial charge >= 0.3 is 0 Å². The number of carbonyl (C=O) groups excluding carboxylic acids is 3. The fraction of sp³-hybridized carbons (Fsp3) is 0.238. The fourth-order valence-electron chi connectivity index (χ4n) is 3.03. The molecular weight excluding hydrogens is 374 g/mol. The maximum Gasteiger partial charge on any atom is 0.266 e. The van der Waals surface area contributed by atoms with E-state index in [1.165, 1.54) is 0 Å². The summed E-state index contributed by atoms with van der Waals surface area (Å²) in [6, 6.07) is 13.5. The Morgan fingerprint density at radius 1 is 1.00 bits per heavy atom. The van der Waals surface area contributed by atoms with E-state index in [-0.39, 0.29) is 22.8 Å². The molecule has 0 aromatic heterocycles. The van der Waals surface area contributed by atoms with Crippen molar-refractivity contribution in [3.05, 3.63) is 59.7 Å². The third-order valence-electron chi connectivity index (χ3n) is 4.42. The molecule has 2 aromatic carbocycles. The Balaban J connectivity index is 1.68. The van der Waals surface area contributed by atoms with Crippen molar-refractivity contribution in [1.29, 1.82) is 0 Å². The molecule has 0 fully saturated rings. The van der Waals surface area contributed by atoms with Gasteiger partial charge in [-0.3, -0.25) is 14.4 Å². The Morgan fingerprint density at radius 2 is 1.68 bits per heavy atom. The van der Waals surface area contributed by atoms with Gasteiger partial charge in [-0.15, -0.1) is 0 Å². The fourth-order valence-corrected chi connectivity index (χ4v) is 3.27. The summed E-state index contributed by atoms with van der Waals surface area (Å²) in [5.74, 6) is -0.850. The van der Waals surface area contributed by atoms with Gasteiger partial charge in [-0.25, -0.2) is 4.90 Å². The second-order valence-corrected chi connectivity index (χ2v) is 6.91. The van der Waals surface area contributed by atoms with Gasteiger partial charge < -0.3 is 10.6 Å². The first-order valence-electron chi connectivity index (χ1n) is 9.20. The smallest absolute Gasteiger partial charge is 0.266 e. The van der Waals surface area contributed by atoms with Crippen LogP contribution in [0.1, 0.15) is 53.3 Å². The maximum atomic E-state index is 12.6. The van der Waals surface area contributed by atoms with Crippen molar-refractivity contribution in [2.24, 2.45) is 0 Å². The van der Waals surface area contributed by atoms with Crippen LogP contribution in [0.5, 0.6) is 0 Å². The van der Waals surface area contributed by atoms with E-state index < -0.39 is 0 Å². The molecule has 2 N–H and O–H groups in total. The lowest BCUT2D eigenvalue weighted by molar-refractivity contribution is -0.119. The van der Waals surface area contributed by atoms with Crippen molar-refractivity contribution in [1.82, 2.24) is 5.32 Å². The summed E-state index contributed by atoms with van der Waals surface area (Å²) in [6.45, 7) is 2.07. The van der Waals surface area contributed by atoms with Crippen LogP contribution in [0.15, 0.2) is 48.5 Å². The Hall–Kier alpha value is -3.06. The molecule has 0 spiro atoms. The summed E-state index contributed by atoms with van der Waals surface area (Å²) in [5, 5.41) is 5.75. The quantitative estimate of drug-likeness (QED) is 0.441. The zero-order valence-corrected chi connectivity index (χ0v) is 16.3. The average Bonchev–Trinajstić information content (AvgIpc) is 2.93. The van der Waals surface area contributed by atoms with Gasteiger partial charge in [0.2, 0.25) is 5.91 Å². The van der Waals surface area contributed by atoms with Gasteiger partial charge in [0.05, 0.1) is 16.8 Å². The van der Waals surface area contributed by atoms with E-state index in [1.807, 2.05) is 0 Å². The summed E-state index contributed by atoms with van der Waals surface area (Å²) in [5.41, 5.74) is 1.79. The molecular formula is C21H21N3O3S. The average molecular weight is 395 g/mol. The number of nitrogens with zero attached hydrogens (tertiary/aromatic N) is 1. The molecule has 3 rings (SSSR count). The van der Waals surface area contributed by atoms with Gasteiger partial charge in [-0.1, -0.05) is 38.0 Å². The molecule has 0 bridgehead atoms. The van der Waals surface area contributed by atoms with E-state index in [0.29, 0.717) is 28.9 Å². The lowest BCUT2D eigenvalue weighted by atomic mass is 10.1. The van der Waals surface area contributed by atoms with Gasteiger partial charge in [0.1, 0.15) is 0 Å². The lowest BCUT2D eigenvalue weighted by Gasteiger charge is -2.16. The van der Waals surface area contributed by atoms with Crippen molar-refractivity contribution in [2.45, 2.75) is 32.6 Å². The molecule has 2 aromatic rings. The van der Waals surface area contributed by atoms with Crippen molar-refractivity contribution in [3.63, 3.8) is 0 Å². The first-order chi connectivity index (χ1) is 13.5. The van der Waals surface area contributed by atoms with Crippen LogP contribution in [-0.4, -0.2) is 22.8 Å². The van der Waals surface area contributed by atoms with Crippen molar-refractivity contribution in [2.75, 3.05) is 10.2 Å². The molecule has 144 valence electrons.